The summed E-state index contributed by atoms with van der Waals surface area (Å²) in [6.45, 7) is 12.8. The van der Waals surface area contributed by atoms with Crippen LogP contribution in [-0.2, 0) is 9.59 Å². The van der Waals surface area contributed by atoms with Crippen LogP contribution in [0.25, 0.3) is 0 Å². The summed E-state index contributed by atoms with van der Waals surface area (Å²) in [7, 11) is 0. The van der Waals surface area contributed by atoms with Crippen LogP contribution in [0.2, 0.25) is 0 Å². The van der Waals surface area contributed by atoms with Crippen molar-refractivity contribution in [3.63, 3.8) is 0 Å². The molecule has 0 radical (unpaired) electrons. The monoisotopic (exact) mass is 396 g/mol. The van der Waals surface area contributed by atoms with Gasteiger partial charge in [-0.25, -0.2) is 0 Å². The molecular formula is C24H44O4. The summed E-state index contributed by atoms with van der Waals surface area (Å²) in [6, 6.07) is 0. The molecule has 0 aromatic heterocycles. The van der Waals surface area contributed by atoms with E-state index in [1.807, 2.05) is 0 Å². The van der Waals surface area contributed by atoms with E-state index in [2.05, 4.69) is 53.7 Å². The average molecular weight is 397 g/mol. The molecule has 0 saturated carbocycles. The molecule has 164 valence electrons. The van der Waals surface area contributed by atoms with Crippen molar-refractivity contribution in [2.75, 3.05) is 0 Å². The van der Waals surface area contributed by atoms with Gasteiger partial charge in [0.1, 0.15) is 0 Å². The Morgan fingerprint density at radius 1 is 0.679 bits per heavy atom. The van der Waals surface area contributed by atoms with Crippen molar-refractivity contribution >= 4 is 11.9 Å². The van der Waals surface area contributed by atoms with Crippen molar-refractivity contribution in [2.24, 2.45) is 11.8 Å². The number of carboxylic acid groups (broad SMARTS) is 2. The Morgan fingerprint density at radius 3 is 1.25 bits per heavy atom. The van der Waals surface area contributed by atoms with Gasteiger partial charge in [-0.3, -0.25) is 9.59 Å². The Morgan fingerprint density at radius 2 is 1.00 bits per heavy atom. The molecule has 4 nitrogen and oxygen atoms in total. The average Bonchev–Trinajstić information content (AvgIpc) is 2.54. The molecule has 0 rings (SSSR count). The van der Waals surface area contributed by atoms with E-state index in [1.54, 1.807) is 0 Å². The van der Waals surface area contributed by atoms with Gasteiger partial charge < -0.3 is 10.2 Å². The second-order valence-corrected chi connectivity index (χ2v) is 8.50. The molecule has 0 amide bonds. The molecule has 0 aliphatic carbocycles. The second kappa shape index (κ2) is 18.8. The van der Waals surface area contributed by atoms with Gasteiger partial charge in [-0.1, -0.05) is 50.0 Å². The van der Waals surface area contributed by atoms with E-state index in [0.717, 1.165) is 38.5 Å². The Hall–Kier alpha value is -1.58. The van der Waals surface area contributed by atoms with Crippen molar-refractivity contribution < 1.29 is 19.8 Å². The molecule has 0 heterocycles. The third kappa shape index (κ3) is 26.6. The van der Waals surface area contributed by atoms with E-state index in [4.69, 9.17) is 10.2 Å². The maximum absolute atomic E-state index is 10.3. The summed E-state index contributed by atoms with van der Waals surface area (Å²) >= 11 is 0. The van der Waals surface area contributed by atoms with Crippen LogP contribution >= 0.6 is 0 Å². The first-order valence-electron chi connectivity index (χ1n) is 10.7. The Bertz CT molecular complexity index is 425. The van der Waals surface area contributed by atoms with Crippen LogP contribution in [0.4, 0.5) is 0 Å². The maximum Gasteiger partial charge on any atom is 0.303 e. The standard InChI is InChI=1S/2C12H22O2/c2*1-10(2)6-4-7-11(3)8-5-9-12(13)14/h2*6,11H,4-5,7-9H2,1-3H3,(H,13,14). The SMILES string of the molecule is CC(C)=CCCC(C)CCCC(=O)O.CC(C)=CCCC(C)CCCC(=O)O. The van der Waals surface area contributed by atoms with E-state index in [9.17, 15) is 9.59 Å². The molecule has 2 N–H and O–H groups in total. The summed E-state index contributed by atoms with van der Waals surface area (Å²) in [5, 5.41) is 16.9. The number of aliphatic carboxylic acids is 2. The Kier molecular flexibility index (Phi) is 19.2. The van der Waals surface area contributed by atoms with Crippen LogP contribution in [0, 0.1) is 11.8 Å². The zero-order valence-electron chi connectivity index (χ0n) is 19.1. The fourth-order valence-electron chi connectivity index (χ4n) is 2.81. The predicted octanol–water partition coefficient (Wildman–Crippen LogP) is 7.25. The van der Waals surface area contributed by atoms with Crippen LogP contribution in [0.5, 0.6) is 0 Å². The quantitative estimate of drug-likeness (QED) is 0.303. The molecule has 28 heavy (non-hydrogen) atoms. The smallest absolute Gasteiger partial charge is 0.303 e. The summed E-state index contributed by atoms with van der Waals surface area (Å²) in [4.78, 5) is 20.5. The third-order valence-electron chi connectivity index (χ3n) is 4.60. The van der Waals surface area contributed by atoms with Crippen LogP contribution in [-0.4, -0.2) is 22.2 Å². The predicted molar refractivity (Wildman–Crippen MR) is 119 cm³/mol. The first kappa shape index (κ1) is 28.6. The zero-order valence-corrected chi connectivity index (χ0v) is 19.1. The molecule has 0 aliphatic rings. The lowest BCUT2D eigenvalue weighted by Crippen LogP contribution is -1.98. The second-order valence-electron chi connectivity index (χ2n) is 8.50. The lowest BCUT2D eigenvalue weighted by atomic mass is 9.98. The first-order valence-corrected chi connectivity index (χ1v) is 10.7. The highest BCUT2D eigenvalue weighted by atomic mass is 16.4. The molecule has 2 atom stereocenters. The highest BCUT2D eigenvalue weighted by Crippen LogP contribution is 2.15. The number of carbonyl (C=O) groups is 2. The van der Waals surface area contributed by atoms with E-state index >= 15 is 0 Å². The van der Waals surface area contributed by atoms with Gasteiger partial charge in [-0.2, -0.15) is 0 Å². The summed E-state index contributed by atoms with van der Waals surface area (Å²) in [6.07, 6.45) is 13.4. The minimum Gasteiger partial charge on any atom is -0.481 e. The van der Waals surface area contributed by atoms with Gasteiger partial charge in [0.05, 0.1) is 0 Å². The lowest BCUT2D eigenvalue weighted by molar-refractivity contribution is -0.138. The fraction of sp³-hybridized carbons (Fsp3) is 0.750. The van der Waals surface area contributed by atoms with E-state index in [0.29, 0.717) is 24.7 Å². The van der Waals surface area contributed by atoms with Gasteiger partial charge in [0.15, 0.2) is 0 Å². The highest BCUT2D eigenvalue weighted by molar-refractivity contribution is 5.66. The van der Waals surface area contributed by atoms with Gasteiger partial charge >= 0.3 is 11.9 Å². The van der Waals surface area contributed by atoms with Crippen molar-refractivity contribution in [2.45, 2.75) is 106 Å². The van der Waals surface area contributed by atoms with Gasteiger partial charge in [-0.15, -0.1) is 0 Å². The zero-order chi connectivity index (χ0) is 21.9. The molecule has 0 aliphatic heterocycles. The molecule has 0 bridgehead atoms. The van der Waals surface area contributed by atoms with E-state index in [1.165, 1.54) is 24.0 Å². The number of carboxylic acids is 2. The molecule has 0 saturated heterocycles. The van der Waals surface area contributed by atoms with E-state index < -0.39 is 11.9 Å². The molecular weight excluding hydrogens is 352 g/mol. The van der Waals surface area contributed by atoms with Crippen LogP contribution in [0.1, 0.15) is 106 Å². The number of allylic oxidation sites excluding steroid dienone is 4. The first-order chi connectivity index (χ1) is 13.0. The van der Waals surface area contributed by atoms with Gasteiger partial charge in [0, 0.05) is 12.8 Å². The molecule has 0 spiro atoms. The summed E-state index contributed by atoms with van der Waals surface area (Å²) in [5.41, 5.74) is 2.73. The van der Waals surface area contributed by atoms with Crippen LogP contribution < -0.4 is 0 Å². The fourth-order valence-corrected chi connectivity index (χ4v) is 2.81. The molecule has 0 fully saturated rings. The molecule has 2 unspecified atom stereocenters. The Balaban J connectivity index is 0. The van der Waals surface area contributed by atoms with Crippen molar-refractivity contribution in [3.8, 4) is 0 Å². The normalized spacial score (nSPS) is 12.2. The van der Waals surface area contributed by atoms with Gasteiger partial charge in [0.25, 0.3) is 0 Å². The Labute approximate surface area is 173 Å². The minimum absolute atomic E-state index is 0.312. The summed E-state index contributed by atoms with van der Waals surface area (Å²) in [5.74, 6) is -0.0714. The summed E-state index contributed by atoms with van der Waals surface area (Å²) < 4.78 is 0. The third-order valence-corrected chi connectivity index (χ3v) is 4.60. The van der Waals surface area contributed by atoms with Gasteiger partial charge in [-0.05, 0) is 78.1 Å². The van der Waals surface area contributed by atoms with Crippen molar-refractivity contribution in [1.29, 1.82) is 0 Å². The highest BCUT2D eigenvalue weighted by Gasteiger charge is 2.04. The van der Waals surface area contributed by atoms with Gasteiger partial charge in [0.2, 0.25) is 0 Å². The topological polar surface area (TPSA) is 74.6 Å². The van der Waals surface area contributed by atoms with Crippen molar-refractivity contribution in [3.05, 3.63) is 23.3 Å². The minimum atomic E-state index is -0.679. The van der Waals surface area contributed by atoms with E-state index in [-0.39, 0.29) is 0 Å². The molecule has 0 aromatic carbocycles. The number of hydrogen-bond donors (Lipinski definition) is 2. The number of hydrogen-bond acceptors (Lipinski definition) is 2. The van der Waals surface area contributed by atoms with Crippen LogP contribution in [0.3, 0.4) is 0 Å². The van der Waals surface area contributed by atoms with Crippen LogP contribution in [0.15, 0.2) is 23.3 Å². The largest absolute Gasteiger partial charge is 0.481 e. The molecule has 4 heteroatoms. The number of rotatable bonds is 14. The van der Waals surface area contributed by atoms with Crippen molar-refractivity contribution in [1.82, 2.24) is 0 Å². The maximum atomic E-state index is 10.3. The lowest BCUT2D eigenvalue weighted by Gasteiger charge is -2.08. The molecule has 0 aromatic rings.